The average Bonchev–Trinajstić information content (AvgIpc) is 3.35. The fraction of sp³-hybridized carbons (Fsp3) is 0.698. The van der Waals surface area contributed by atoms with E-state index in [4.69, 9.17) is 17.2 Å². The van der Waals surface area contributed by atoms with Crippen molar-refractivity contribution in [2.45, 2.75) is 194 Å². The van der Waals surface area contributed by atoms with E-state index < -0.39 is 150 Å². The van der Waals surface area contributed by atoms with Gasteiger partial charge >= 0.3 is 11.9 Å². The molecular formula is C53H91N11O13. The molecule has 0 heterocycles. The molecule has 436 valence electrons. The van der Waals surface area contributed by atoms with Gasteiger partial charge in [-0.05, 0) is 105 Å². The largest absolute Gasteiger partial charge is 0.508 e. The zero-order chi connectivity index (χ0) is 58.7. The molecule has 0 aliphatic heterocycles. The van der Waals surface area contributed by atoms with E-state index in [0.29, 0.717) is 57.2 Å². The Bertz CT molecular complexity index is 2090. The van der Waals surface area contributed by atoms with Crippen molar-refractivity contribution < 1.29 is 63.3 Å². The minimum Gasteiger partial charge on any atom is -0.508 e. The summed E-state index contributed by atoms with van der Waals surface area (Å²) in [5, 5.41) is 50.6. The topological polar surface area (TPSA) is 406 Å². The molecule has 8 amide bonds. The van der Waals surface area contributed by atoms with Crippen molar-refractivity contribution in [3.63, 3.8) is 0 Å². The van der Waals surface area contributed by atoms with Crippen molar-refractivity contribution in [1.82, 2.24) is 42.5 Å². The number of hydrogen-bond acceptors (Lipinski definition) is 14. The molecule has 0 bridgehead atoms. The maximum absolute atomic E-state index is 14.5. The summed E-state index contributed by atoms with van der Waals surface area (Å²) in [6.45, 7) is 17.7. The first-order valence-corrected chi connectivity index (χ1v) is 26.9. The third kappa shape index (κ3) is 25.1. The van der Waals surface area contributed by atoms with Crippen LogP contribution in [0.5, 0.6) is 5.75 Å². The Kier molecular flexibility index (Phi) is 31.3. The van der Waals surface area contributed by atoms with Crippen LogP contribution in [0.15, 0.2) is 24.3 Å². The average molecular weight is 1090 g/mol. The predicted molar refractivity (Wildman–Crippen MR) is 289 cm³/mol. The van der Waals surface area contributed by atoms with Crippen molar-refractivity contribution in [3.05, 3.63) is 29.8 Å². The molecule has 0 unspecified atom stereocenters. The van der Waals surface area contributed by atoms with Crippen LogP contribution < -0.4 is 59.7 Å². The van der Waals surface area contributed by atoms with E-state index in [1.54, 1.807) is 69.2 Å². The van der Waals surface area contributed by atoms with E-state index in [1.165, 1.54) is 24.3 Å². The SMILES string of the molecule is CC[C@H](C)[C@H](NC(=O)[C@@H](NC(=O)[C@H](Cc1ccc(O)cc1)NC(=O)[C@H](CCC(=O)O)NC(=O)[C@H](CC(C)C)NC(=O)[C@@H](NC(=O)[C@@H](N)CCCCN)C(C)C)C(C)C)C(=O)N[C@@H](CCCCN)C(=O)N[C@H](C(=O)O)C(C)C. The van der Waals surface area contributed by atoms with Crippen molar-refractivity contribution in [2.75, 3.05) is 13.1 Å². The van der Waals surface area contributed by atoms with Gasteiger partial charge in [0.05, 0.1) is 6.04 Å². The highest BCUT2D eigenvalue weighted by Gasteiger charge is 2.37. The van der Waals surface area contributed by atoms with Gasteiger partial charge in [-0.3, -0.25) is 43.2 Å². The molecule has 0 aliphatic carbocycles. The van der Waals surface area contributed by atoms with E-state index in [-0.39, 0.29) is 30.9 Å². The lowest BCUT2D eigenvalue weighted by atomic mass is 9.95. The number of nitrogens with two attached hydrogens (primary N) is 3. The molecule has 24 heteroatoms. The smallest absolute Gasteiger partial charge is 0.326 e. The van der Waals surface area contributed by atoms with Gasteiger partial charge in [0.15, 0.2) is 0 Å². The lowest BCUT2D eigenvalue weighted by molar-refractivity contribution is -0.143. The third-order valence-electron chi connectivity index (χ3n) is 13.0. The Morgan fingerprint density at radius 2 is 0.883 bits per heavy atom. The zero-order valence-corrected chi connectivity index (χ0v) is 46.7. The number of aliphatic carboxylic acids is 2. The first-order valence-electron chi connectivity index (χ1n) is 26.9. The predicted octanol–water partition coefficient (Wildman–Crippen LogP) is 0.408. The number of amides is 8. The summed E-state index contributed by atoms with van der Waals surface area (Å²) in [5.41, 5.74) is 17.8. The van der Waals surface area contributed by atoms with Crippen molar-refractivity contribution in [2.24, 2.45) is 46.8 Å². The number of nitrogens with one attached hydrogen (secondary N) is 8. The number of carboxylic acid groups (broad SMARTS) is 2. The molecule has 0 aromatic heterocycles. The number of carbonyl (C=O) groups is 10. The van der Waals surface area contributed by atoms with E-state index in [2.05, 4.69) is 42.5 Å². The first-order chi connectivity index (χ1) is 36.1. The molecule has 0 saturated heterocycles. The van der Waals surface area contributed by atoms with Gasteiger partial charge in [-0.15, -0.1) is 0 Å². The monoisotopic (exact) mass is 1090 g/mol. The maximum Gasteiger partial charge on any atom is 0.326 e. The Morgan fingerprint density at radius 1 is 0.481 bits per heavy atom. The number of rotatable bonds is 37. The number of carboxylic acids is 2. The van der Waals surface area contributed by atoms with Gasteiger partial charge in [-0.2, -0.15) is 0 Å². The van der Waals surface area contributed by atoms with Gasteiger partial charge in [0.1, 0.15) is 54.1 Å². The second-order valence-corrected chi connectivity index (χ2v) is 21.3. The number of phenolic OH excluding ortho intramolecular Hbond substituents is 1. The highest BCUT2D eigenvalue weighted by atomic mass is 16.4. The molecule has 10 atom stereocenters. The summed E-state index contributed by atoms with van der Waals surface area (Å²) in [6, 6.07) is -5.76. The summed E-state index contributed by atoms with van der Waals surface area (Å²) >= 11 is 0. The highest BCUT2D eigenvalue weighted by Crippen LogP contribution is 2.16. The highest BCUT2D eigenvalue weighted by molar-refractivity contribution is 5.98. The van der Waals surface area contributed by atoms with Crippen LogP contribution in [0.2, 0.25) is 0 Å². The summed E-state index contributed by atoms with van der Waals surface area (Å²) in [7, 11) is 0. The van der Waals surface area contributed by atoms with E-state index in [1.807, 2.05) is 0 Å². The number of benzene rings is 1. The summed E-state index contributed by atoms with van der Waals surface area (Å²) in [4.78, 5) is 135. The number of aromatic hydroxyl groups is 1. The Balaban J connectivity index is 3.61. The summed E-state index contributed by atoms with van der Waals surface area (Å²) in [6.07, 6.45) is 1.74. The minimum absolute atomic E-state index is 0.0580. The lowest BCUT2D eigenvalue weighted by Gasteiger charge is -2.31. The van der Waals surface area contributed by atoms with Gasteiger partial charge in [-0.25, -0.2) is 4.79 Å². The van der Waals surface area contributed by atoms with E-state index in [9.17, 15) is 63.3 Å². The molecule has 77 heavy (non-hydrogen) atoms. The van der Waals surface area contributed by atoms with Crippen LogP contribution in [0.3, 0.4) is 0 Å². The van der Waals surface area contributed by atoms with Crippen molar-refractivity contribution in [3.8, 4) is 5.75 Å². The molecular weight excluding hydrogens is 999 g/mol. The van der Waals surface area contributed by atoms with Crippen LogP contribution in [0.4, 0.5) is 0 Å². The molecule has 24 nitrogen and oxygen atoms in total. The molecule has 1 rings (SSSR count). The molecule has 0 spiro atoms. The Hall–Kier alpha value is -6.40. The van der Waals surface area contributed by atoms with Crippen LogP contribution in [-0.2, 0) is 54.4 Å². The minimum atomic E-state index is -1.59. The van der Waals surface area contributed by atoms with E-state index in [0.717, 1.165) is 0 Å². The summed E-state index contributed by atoms with van der Waals surface area (Å²) < 4.78 is 0. The molecule has 0 saturated carbocycles. The van der Waals surface area contributed by atoms with Gasteiger partial charge in [0.25, 0.3) is 0 Å². The molecule has 0 fully saturated rings. The van der Waals surface area contributed by atoms with Crippen LogP contribution in [-0.4, -0.2) is 142 Å². The molecule has 0 aliphatic rings. The fourth-order valence-electron chi connectivity index (χ4n) is 8.08. The normalized spacial score (nSPS) is 15.3. The second-order valence-electron chi connectivity index (χ2n) is 21.3. The Labute approximate surface area is 453 Å². The Morgan fingerprint density at radius 3 is 1.38 bits per heavy atom. The lowest BCUT2D eigenvalue weighted by Crippen LogP contribution is -2.62. The number of phenols is 1. The molecule has 17 N–H and O–H groups in total. The maximum atomic E-state index is 14.5. The van der Waals surface area contributed by atoms with Crippen LogP contribution in [0, 0.1) is 29.6 Å². The van der Waals surface area contributed by atoms with Gasteiger partial charge < -0.3 is 75.1 Å². The third-order valence-corrected chi connectivity index (χ3v) is 13.0. The van der Waals surface area contributed by atoms with Crippen molar-refractivity contribution in [1.29, 1.82) is 0 Å². The number of unbranched alkanes of at least 4 members (excludes halogenated alkanes) is 2. The molecule has 0 radical (unpaired) electrons. The number of hydrogen-bond donors (Lipinski definition) is 14. The van der Waals surface area contributed by atoms with Gasteiger partial charge in [-0.1, -0.05) is 94.2 Å². The zero-order valence-electron chi connectivity index (χ0n) is 46.7. The molecule has 1 aromatic rings. The van der Waals surface area contributed by atoms with Crippen molar-refractivity contribution >= 4 is 59.2 Å². The number of carbonyl (C=O) groups excluding carboxylic acids is 8. The quantitative estimate of drug-likeness (QED) is 0.0401. The first kappa shape index (κ1) is 68.6. The van der Waals surface area contributed by atoms with Gasteiger partial charge in [0, 0.05) is 12.8 Å². The van der Waals surface area contributed by atoms with E-state index >= 15 is 0 Å². The van der Waals surface area contributed by atoms with Gasteiger partial charge in [0.2, 0.25) is 47.3 Å². The second kappa shape index (κ2) is 35.1. The molecule has 1 aromatic carbocycles. The van der Waals surface area contributed by atoms with Crippen LogP contribution in [0.1, 0.15) is 139 Å². The standard InChI is InChI=1S/C53H91N11O13/c1-11-32(10)44(52(75)58-36(17-13-15-25-55)47(70)63-43(31(8)9)53(76)77)64-51(74)42(30(6)7)62-49(72)39(27-33-18-20-34(65)21-19-33)59-46(69)37(22-23-40(66)67)57-48(71)38(26-28(2)3)60-50(73)41(29(4)5)61-45(68)35(56)16-12-14-24-54/h18-21,28-32,35-39,41-44,65H,11-17,22-27,54-56H2,1-10H3,(H,57,71)(H,58,75)(H,59,69)(H,60,73)(H,61,68)(H,62,72)(H,63,70)(H,64,74)(H,66,67)(H,76,77)/t32-,35-,36-,37-,38-,39-,41-,42-,43-,44-/m0/s1. The fourth-order valence-corrected chi connectivity index (χ4v) is 8.08. The summed E-state index contributed by atoms with van der Waals surface area (Å²) in [5.74, 6) is -11.3. The van der Waals surface area contributed by atoms with Crippen LogP contribution in [0.25, 0.3) is 0 Å². The van der Waals surface area contributed by atoms with Crippen LogP contribution >= 0.6 is 0 Å².